The molecule has 4 nitrogen and oxygen atoms in total. The molecule has 1 saturated heterocycles. The van der Waals surface area contributed by atoms with Gasteiger partial charge in [-0.05, 0) is 49.9 Å². The van der Waals surface area contributed by atoms with Gasteiger partial charge in [0.15, 0.2) is 0 Å². The monoisotopic (exact) mass is 336 g/mol. The third-order valence-corrected chi connectivity index (χ3v) is 4.94. The summed E-state index contributed by atoms with van der Waals surface area (Å²) in [6, 6.07) is 14.0. The highest BCUT2D eigenvalue weighted by Gasteiger charge is 2.37. The summed E-state index contributed by atoms with van der Waals surface area (Å²) in [5, 5.41) is 2.91. The van der Waals surface area contributed by atoms with Crippen molar-refractivity contribution < 1.29 is 9.59 Å². The molecule has 1 atom stereocenters. The van der Waals surface area contributed by atoms with Crippen molar-refractivity contribution >= 4 is 17.5 Å². The summed E-state index contributed by atoms with van der Waals surface area (Å²) < 4.78 is 0. The summed E-state index contributed by atoms with van der Waals surface area (Å²) in [4.78, 5) is 27.0. The summed E-state index contributed by atoms with van der Waals surface area (Å²) in [6.45, 7) is 7.11. The molecule has 0 bridgehead atoms. The SMILES string of the molecule is Cc1cccc(CNC(=O)C2CCN(c3cccc(C)c3C)C2=O)c1. The van der Waals surface area contributed by atoms with E-state index in [-0.39, 0.29) is 11.8 Å². The first kappa shape index (κ1) is 17.2. The van der Waals surface area contributed by atoms with Crippen LogP contribution in [0.2, 0.25) is 0 Å². The zero-order chi connectivity index (χ0) is 18.0. The van der Waals surface area contributed by atoms with Crippen LogP contribution in [0.25, 0.3) is 0 Å². The van der Waals surface area contributed by atoms with Crippen LogP contribution in [0, 0.1) is 26.7 Å². The van der Waals surface area contributed by atoms with Crippen LogP contribution in [0.5, 0.6) is 0 Å². The van der Waals surface area contributed by atoms with E-state index in [2.05, 4.69) is 5.32 Å². The van der Waals surface area contributed by atoms with E-state index < -0.39 is 5.92 Å². The third-order valence-electron chi connectivity index (χ3n) is 4.94. The molecule has 2 aromatic carbocycles. The van der Waals surface area contributed by atoms with Gasteiger partial charge in [0.2, 0.25) is 11.8 Å². The Balaban J connectivity index is 1.67. The number of aryl methyl sites for hydroxylation is 2. The van der Waals surface area contributed by atoms with Gasteiger partial charge in [-0.1, -0.05) is 42.0 Å². The Morgan fingerprint density at radius 3 is 2.68 bits per heavy atom. The van der Waals surface area contributed by atoms with Gasteiger partial charge in [0.05, 0.1) is 0 Å². The molecule has 0 saturated carbocycles. The molecule has 1 heterocycles. The predicted molar refractivity (Wildman–Crippen MR) is 99.4 cm³/mol. The highest BCUT2D eigenvalue weighted by molar-refractivity contribution is 6.09. The standard InChI is InChI=1S/C21H24N2O2/c1-14-6-4-8-17(12-14)13-22-20(24)18-10-11-23(21(18)25)19-9-5-7-15(2)16(19)3/h4-9,12,18H,10-11,13H2,1-3H3,(H,22,24). The molecular formula is C21H24N2O2. The summed E-state index contributed by atoms with van der Waals surface area (Å²) in [6.07, 6.45) is 0.561. The first-order chi connectivity index (χ1) is 12.0. The maximum absolute atomic E-state index is 12.7. The van der Waals surface area contributed by atoms with Crippen LogP contribution in [-0.2, 0) is 16.1 Å². The maximum Gasteiger partial charge on any atom is 0.239 e. The summed E-state index contributed by atoms with van der Waals surface area (Å²) in [5.74, 6) is -0.875. The van der Waals surface area contributed by atoms with Gasteiger partial charge < -0.3 is 10.2 Å². The smallest absolute Gasteiger partial charge is 0.239 e. The summed E-state index contributed by atoms with van der Waals surface area (Å²) in [7, 11) is 0. The quantitative estimate of drug-likeness (QED) is 0.871. The minimum atomic E-state index is -0.593. The highest BCUT2D eigenvalue weighted by Crippen LogP contribution is 2.29. The van der Waals surface area contributed by atoms with Gasteiger partial charge in [-0.3, -0.25) is 9.59 Å². The zero-order valence-electron chi connectivity index (χ0n) is 15.0. The van der Waals surface area contributed by atoms with E-state index in [4.69, 9.17) is 0 Å². The van der Waals surface area contributed by atoms with Crippen molar-refractivity contribution in [1.82, 2.24) is 5.32 Å². The number of hydrogen-bond donors (Lipinski definition) is 1. The van der Waals surface area contributed by atoms with E-state index in [9.17, 15) is 9.59 Å². The first-order valence-electron chi connectivity index (χ1n) is 8.68. The number of nitrogens with zero attached hydrogens (tertiary/aromatic N) is 1. The lowest BCUT2D eigenvalue weighted by atomic mass is 10.1. The lowest BCUT2D eigenvalue weighted by Crippen LogP contribution is -2.36. The van der Waals surface area contributed by atoms with Crippen molar-refractivity contribution in [3.05, 3.63) is 64.7 Å². The van der Waals surface area contributed by atoms with Gasteiger partial charge in [0.1, 0.15) is 5.92 Å². The summed E-state index contributed by atoms with van der Waals surface area (Å²) in [5.41, 5.74) is 5.36. The van der Waals surface area contributed by atoms with Crippen LogP contribution < -0.4 is 10.2 Å². The molecule has 3 rings (SSSR count). The fourth-order valence-corrected chi connectivity index (χ4v) is 3.32. The molecule has 0 aromatic heterocycles. The molecule has 25 heavy (non-hydrogen) atoms. The van der Waals surface area contributed by atoms with Crippen molar-refractivity contribution in [2.75, 3.05) is 11.4 Å². The minimum absolute atomic E-state index is 0.101. The lowest BCUT2D eigenvalue weighted by molar-refractivity contribution is -0.132. The molecule has 1 aliphatic heterocycles. The molecule has 1 aliphatic rings. The molecule has 0 spiro atoms. The second-order valence-corrected chi connectivity index (χ2v) is 6.76. The van der Waals surface area contributed by atoms with E-state index in [1.165, 1.54) is 0 Å². The molecule has 2 amide bonds. The number of nitrogens with one attached hydrogen (secondary N) is 1. The summed E-state index contributed by atoms with van der Waals surface area (Å²) >= 11 is 0. The fourth-order valence-electron chi connectivity index (χ4n) is 3.32. The van der Waals surface area contributed by atoms with Gasteiger partial charge >= 0.3 is 0 Å². The Morgan fingerprint density at radius 2 is 1.92 bits per heavy atom. The number of anilines is 1. The number of rotatable bonds is 4. The number of carbonyl (C=O) groups is 2. The van der Waals surface area contributed by atoms with Crippen molar-refractivity contribution in [2.24, 2.45) is 5.92 Å². The molecule has 1 unspecified atom stereocenters. The number of carbonyl (C=O) groups excluding carboxylic acids is 2. The topological polar surface area (TPSA) is 49.4 Å². The number of benzene rings is 2. The zero-order valence-corrected chi connectivity index (χ0v) is 15.0. The van der Waals surface area contributed by atoms with Gasteiger partial charge in [-0.2, -0.15) is 0 Å². The van der Waals surface area contributed by atoms with Crippen LogP contribution in [0.1, 0.15) is 28.7 Å². The van der Waals surface area contributed by atoms with Crippen LogP contribution in [0.15, 0.2) is 42.5 Å². The van der Waals surface area contributed by atoms with Crippen molar-refractivity contribution in [3.63, 3.8) is 0 Å². The van der Waals surface area contributed by atoms with E-state index >= 15 is 0 Å². The Morgan fingerprint density at radius 1 is 1.16 bits per heavy atom. The number of hydrogen-bond acceptors (Lipinski definition) is 2. The lowest BCUT2D eigenvalue weighted by Gasteiger charge is -2.20. The second kappa shape index (κ2) is 7.09. The molecule has 0 aliphatic carbocycles. The van der Waals surface area contributed by atoms with E-state index in [1.54, 1.807) is 4.90 Å². The normalized spacial score (nSPS) is 17.0. The first-order valence-corrected chi connectivity index (χ1v) is 8.68. The Labute approximate surface area is 148 Å². The molecule has 2 aromatic rings. The molecule has 4 heteroatoms. The van der Waals surface area contributed by atoms with Gasteiger partial charge in [-0.15, -0.1) is 0 Å². The Bertz CT molecular complexity index is 813. The predicted octanol–water partition coefficient (Wildman–Crippen LogP) is 3.28. The van der Waals surface area contributed by atoms with Crippen LogP contribution in [0.3, 0.4) is 0 Å². The minimum Gasteiger partial charge on any atom is -0.351 e. The van der Waals surface area contributed by atoms with E-state index in [1.807, 2.05) is 63.2 Å². The highest BCUT2D eigenvalue weighted by atomic mass is 16.2. The van der Waals surface area contributed by atoms with Gasteiger partial charge in [0, 0.05) is 18.8 Å². The number of amides is 2. The maximum atomic E-state index is 12.7. The third kappa shape index (κ3) is 3.58. The van der Waals surface area contributed by atoms with Gasteiger partial charge in [-0.25, -0.2) is 0 Å². The average Bonchev–Trinajstić information content (AvgIpc) is 2.97. The van der Waals surface area contributed by atoms with Gasteiger partial charge in [0.25, 0.3) is 0 Å². The Hall–Kier alpha value is -2.62. The van der Waals surface area contributed by atoms with Crippen LogP contribution in [-0.4, -0.2) is 18.4 Å². The molecule has 1 N–H and O–H groups in total. The van der Waals surface area contributed by atoms with Crippen molar-refractivity contribution in [3.8, 4) is 0 Å². The van der Waals surface area contributed by atoms with Crippen LogP contribution >= 0.6 is 0 Å². The second-order valence-electron chi connectivity index (χ2n) is 6.76. The molecule has 130 valence electrons. The van der Waals surface area contributed by atoms with E-state index in [0.29, 0.717) is 19.5 Å². The van der Waals surface area contributed by atoms with Crippen molar-refractivity contribution in [1.29, 1.82) is 0 Å². The van der Waals surface area contributed by atoms with Crippen molar-refractivity contribution in [2.45, 2.75) is 33.7 Å². The van der Waals surface area contributed by atoms with E-state index in [0.717, 1.165) is 27.9 Å². The fraction of sp³-hybridized carbons (Fsp3) is 0.333. The molecule has 0 radical (unpaired) electrons. The molecular weight excluding hydrogens is 312 g/mol. The largest absolute Gasteiger partial charge is 0.351 e. The molecule has 1 fully saturated rings. The Kier molecular flexibility index (Phi) is 4.88. The van der Waals surface area contributed by atoms with Crippen LogP contribution in [0.4, 0.5) is 5.69 Å². The average molecular weight is 336 g/mol.